The van der Waals surface area contributed by atoms with Gasteiger partial charge >= 0.3 is 0 Å². The highest BCUT2D eigenvalue weighted by molar-refractivity contribution is 5.47. The molecule has 1 aliphatic rings. The number of hydrogen-bond donors (Lipinski definition) is 1. The smallest absolute Gasteiger partial charge is 0.144 e. The molecule has 1 saturated heterocycles. The van der Waals surface area contributed by atoms with Crippen molar-refractivity contribution in [3.63, 3.8) is 0 Å². The van der Waals surface area contributed by atoms with Crippen LogP contribution in [0, 0.1) is 0 Å². The fraction of sp³-hybridized carbons (Fsp3) is 0.250. The van der Waals surface area contributed by atoms with Gasteiger partial charge in [0.1, 0.15) is 11.7 Å². The quantitative estimate of drug-likeness (QED) is 0.287. The van der Waals surface area contributed by atoms with Crippen molar-refractivity contribution in [3.8, 4) is 0 Å². The van der Waals surface area contributed by atoms with Crippen molar-refractivity contribution < 1.29 is 14.6 Å². The molecule has 6 nitrogen and oxygen atoms in total. The molecule has 0 aromatic heterocycles. The lowest BCUT2D eigenvalue weighted by Crippen LogP contribution is -2.51. The molecule has 1 aliphatic heterocycles. The lowest BCUT2D eigenvalue weighted by atomic mass is 9.79. The summed E-state index contributed by atoms with van der Waals surface area (Å²) in [6.45, 7) is 0.368. The average molecular weight is 401 g/mol. The minimum atomic E-state index is -0.981. The molecular formula is C24H23N3O3. The third-order valence-corrected chi connectivity index (χ3v) is 5.41. The van der Waals surface area contributed by atoms with Gasteiger partial charge in [-0.1, -0.05) is 96.1 Å². The van der Waals surface area contributed by atoms with Gasteiger partial charge in [-0.3, -0.25) is 0 Å². The summed E-state index contributed by atoms with van der Waals surface area (Å²) in [5.41, 5.74) is 10.7. The molecule has 0 saturated carbocycles. The van der Waals surface area contributed by atoms with Gasteiger partial charge in [0.2, 0.25) is 0 Å². The molecule has 0 bridgehead atoms. The van der Waals surface area contributed by atoms with Crippen molar-refractivity contribution in [3.05, 3.63) is 118 Å². The van der Waals surface area contributed by atoms with Gasteiger partial charge in [0.25, 0.3) is 0 Å². The van der Waals surface area contributed by atoms with Gasteiger partial charge < -0.3 is 14.6 Å². The molecule has 6 heteroatoms. The van der Waals surface area contributed by atoms with Crippen molar-refractivity contribution in [2.75, 3.05) is 13.2 Å². The summed E-state index contributed by atoms with van der Waals surface area (Å²) in [4.78, 5) is 2.84. The van der Waals surface area contributed by atoms with Crippen LogP contribution in [-0.4, -0.2) is 36.6 Å². The van der Waals surface area contributed by atoms with Gasteiger partial charge in [0, 0.05) is 4.91 Å². The van der Waals surface area contributed by atoms with E-state index in [9.17, 15) is 5.11 Å². The Morgan fingerprint density at radius 1 is 0.833 bits per heavy atom. The lowest BCUT2D eigenvalue weighted by Gasteiger charge is -2.42. The zero-order valence-corrected chi connectivity index (χ0v) is 16.4. The van der Waals surface area contributed by atoms with Crippen LogP contribution in [0.25, 0.3) is 10.4 Å². The summed E-state index contributed by atoms with van der Waals surface area (Å²) in [5.74, 6) is 0. The number of aliphatic hydroxyl groups is 1. The molecule has 1 fully saturated rings. The van der Waals surface area contributed by atoms with E-state index in [1.54, 1.807) is 0 Å². The van der Waals surface area contributed by atoms with Crippen LogP contribution in [0.15, 0.2) is 96.1 Å². The van der Waals surface area contributed by atoms with Crippen molar-refractivity contribution in [1.82, 2.24) is 0 Å². The number of benzene rings is 3. The third kappa shape index (κ3) is 3.82. The summed E-state index contributed by atoms with van der Waals surface area (Å²) >= 11 is 0. The number of azide groups is 1. The minimum Gasteiger partial charge on any atom is -0.390 e. The predicted molar refractivity (Wildman–Crippen MR) is 114 cm³/mol. The van der Waals surface area contributed by atoms with Crippen molar-refractivity contribution in [2.45, 2.75) is 23.9 Å². The second-order valence-corrected chi connectivity index (χ2v) is 7.24. The van der Waals surface area contributed by atoms with E-state index in [1.165, 1.54) is 0 Å². The van der Waals surface area contributed by atoms with Gasteiger partial charge in [-0.25, -0.2) is 0 Å². The molecule has 4 rings (SSSR count). The molecule has 1 N–H and O–H groups in total. The summed E-state index contributed by atoms with van der Waals surface area (Å²) in [6, 6.07) is 29.1. The van der Waals surface area contributed by atoms with E-state index in [4.69, 9.17) is 15.0 Å². The number of aliphatic hydroxyl groups excluding tert-OH is 1. The Morgan fingerprint density at radius 2 is 1.30 bits per heavy atom. The second kappa shape index (κ2) is 9.11. The van der Waals surface area contributed by atoms with E-state index in [2.05, 4.69) is 10.0 Å². The van der Waals surface area contributed by atoms with Crippen LogP contribution in [0.2, 0.25) is 0 Å². The molecule has 3 aromatic rings. The fourth-order valence-electron chi connectivity index (χ4n) is 3.97. The Kier molecular flexibility index (Phi) is 6.12. The van der Waals surface area contributed by atoms with Crippen molar-refractivity contribution in [1.29, 1.82) is 0 Å². The number of ether oxygens (including phenoxy) is 2. The predicted octanol–water partition coefficient (Wildman–Crippen LogP) is 4.43. The molecule has 3 aromatic carbocycles. The fourth-order valence-corrected chi connectivity index (χ4v) is 3.97. The zero-order chi connectivity index (χ0) is 20.8. The number of rotatable bonds is 6. The van der Waals surface area contributed by atoms with Crippen LogP contribution in [0.1, 0.15) is 16.7 Å². The molecule has 1 heterocycles. The maximum absolute atomic E-state index is 10.9. The second-order valence-electron chi connectivity index (χ2n) is 7.24. The third-order valence-electron chi connectivity index (χ3n) is 5.41. The first-order chi connectivity index (χ1) is 14.8. The maximum Gasteiger partial charge on any atom is 0.144 e. The van der Waals surface area contributed by atoms with Gasteiger partial charge in [-0.05, 0) is 22.2 Å². The summed E-state index contributed by atoms with van der Waals surface area (Å²) in [5, 5.41) is 14.6. The van der Waals surface area contributed by atoms with Crippen LogP contribution >= 0.6 is 0 Å². The molecule has 3 atom stereocenters. The highest BCUT2D eigenvalue weighted by Gasteiger charge is 2.44. The van der Waals surface area contributed by atoms with Crippen molar-refractivity contribution >= 4 is 0 Å². The molecule has 0 radical (unpaired) electrons. The molecule has 0 spiro atoms. The van der Waals surface area contributed by atoms with E-state index in [0.29, 0.717) is 0 Å². The molecular weight excluding hydrogens is 378 g/mol. The summed E-state index contributed by atoms with van der Waals surface area (Å²) < 4.78 is 12.4. The van der Waals surface area contributed by atoms with Crippen molar-refractivity contribution in [2.24, 2.45) is 5.11 Å². The molecule has 152 valence electrons. The van der Waals surface area contributed by atoms with Gasteiger partial charge in [0.05, 0.1) is 25.4 Å². The van der Waals surface area contributed by atoms with E-state index in [-0.39, 0.29) is 13.2 Å². The normalized spacial score (nSPS) is 21.6. The maximum atomic E-state index is 10.9. The van der Waals surface area contributed by atoms with E-state index < -0.39 is 23.9 Å². The largest absolute Gasteiger partial charge is 0.390 e. The van der Waals surface area contributed by atoms with Crippen LogP contribution in [0.4, 0.5) is 0 Å². The highest BCUT2D eigenvalue weighted by atomic mass is 16.6. The topological polar surface area (TPSA) is 87.5 Å². The van der Waals surface area contributed by atoms with E-state index in [1.807, 2.05) is 91.0 Å². The Labute approximate surface area is 175 Å². The van der Waals surface area contributed by atoms with Gasteiger partial charge in [-0.2, -0.15) is 0 Å². The Hall–Kier alpha value is -3.15. The van der Waals surface area contributed by atoms with Crippen LogP contribution in [-0.2, 0) is 15.1 Å². The zero-order valence-electron chi connectivity index (χ0n) is 16.4. The number of hydrogen-bond acceptors (Lipinski definition) is 4. The monoisotopic (exact) mass is 401 g/mol. The summed E-state index contributed by atoms with van der Waals surface area (Å²) in [7, 11) is 0. The van der Waals surface area contributed by atoms with Gasteiger partial charge in [0.15, 0.2) is 0 Å². The molecule has 1 unspecified atom stereocenters. The van der Waals surface area contributed by atoms with Crippen LogP contribution < -0.4 is 0 Å². The molecule has 0 aliphatic carbocycles. The Balaban J connectivity index is 1.88. The molecule has 0 amide bonds. The average Bonchev–Trinajstić information content (AvgIpc) is 2.82. The van der Waals surface area contributed by atoms with Crippen LogP contribution in [0.5, 0.6) is 0 Å². The SMILES string of the molecule is [N-]=[N+]=NC1COC[C@@H](OC(c2ccccc2)(c2ccccc2)c2ccccc2)[C@@H]1O. The Morgan fingerprint density at radius 3 is 1.73 bits per heavy atom. The first-order valence-electron chi connectivity index (χ1n) is 9.90. The standard InChI is InChI=1S/C24H23N3O3/c25-27-26-21-16-29-17-22(23(21)28)30-24(18-10-4-1-5-11-18,19-12-6-2-7-13-19)20-14-8-3-9-15-20/h1-15,21-23,28H,16-17H2/t21?,22-,23-/m1/s1. The molecule has 30 heavy (non-hydrogen) atoms. The lowest BCUT2D eigenvalue weighted by molar-refractivity contribution is -0.164. The highest BCUT2D eigenvalue weighted by Crippen LogP contribution is 2.42. The minimum absolute atomic E-state index is 0.167. The van der Waals surface area contributed by atoms with E-state index in [0.717, 1.165) is 16.7 Å². The van der Waals surface area contributed by atoms with Crippen LogP contribution in [0.3, 0.4) is 0 Å². The van der Waals surface area contributed by atoms with E-state index >= 15 is 0 Å². The Bertz CT molecular complexity index is 895. The first kappa shape index (κ1) is 20.1. The first-order valence-corrected chi connectivity index (χ1v) is 9.90. The van der Waals surface area contributed by atoms with Gasteiger partial charge in [-0.15, -0.1) is 0 Å². The number of nitrogens with zero attached hydrogens (tertiary/aromatic N) is 3. The summed E-state index contributed by atoms with van der Waals surface area (Å²) in [6.07, 6.45) is -1.67.